The first-order chi connectivity index (χ1) is 18.2. The molecule has 3 aromatic rings. The molecule has 1 aliphatic rings. The normalized spacial score (nSPS) is 15.1. The van der Waals surface area contributed by atoms with Gasteiger partial charge in [-0.15, -0.1) is 0 Å². The summed E-state index contributed by atoms with van der Waals surface area (Å²) >= 11 is 8.35. The van der Waals surface area contributed by atoms with Gasteiger partial charge in [-0.1, -0.05) is 43.2 Å². The highest BCUT2D eigenvalue weighted by molar-refractivity contribution is 9.10. The van der Waals surface area contributed by atoms with Crippen LogP contribution >= 0.6 is 43.2 Å². The van der Waals surface area contributed by atoms with Crippen LogP contribution in [0.2, 0.25) is 0 Å². The molecular formula is C27H26Br2N2O6S. The number of benzene rings is 2. The number of hydrogen-bond donors (Lipinski definition) is 0. The predicted molar refractivity (Wildman–Crippen MR) is 153 cm³/mol. The van der Waals surface area contributed by atoms with E-state index < -0.39 is 12.0 Å². The number of aromatic nitrogens is 1. The number of esters is 1. The van der Waals surface area contributed by atoms with Gasteiger partial charge in [-0.25, -0.2) is 9.79 Å². The molecule has 0 amide bonds. The molecule has 38 heavy (non-hydrogen) atoms. The van der Waals surface area contributed by atoms with Gasteiger partial charge in [-0.05, 0) is 62.7 Å². The number of rotatable bonds is 8. The molecule has 0 saturated carbocycles. The van der Waals surface area contributed by atoms with E-state index in [4.69, 9.17) is 18.9 Å². The standard InChI is InChI=1S/C27H26Br2N2O6S/c1-6-36-21-13-18(29)17(12-20(21)35-5)24-23(26(33)37-7-2)14(3)30-27-31(24)25(32)22(38-27)11-15-10-16(28)8-9-19(15)34-4/h8-13,24H,6-7H2,1-5H3/b22-11+/t24-/m1/s1. The van der Waals surface area contributed by atoms with E-state index >= 15 is 0 Å². The SMILES string of the molecule is CCOC(=O)C1=C(C)N=c2s/c(=C/c3cc(Br)ccc3OC)c(=O)n2[C@@H]1c1cc(OC)c(OCC)cc1Br. The fourth-order valence-electron chi connectivity index (χ4n) is 4.23. The molecule has 0 spiro atoms. The number of ether oxygens (including phenoxy) is 4. The minimum atomic E-state index is -0.809. The second-order valence-corrected chi connectivity index (χ2v) is 10.9. The van der Waals surface area contributed by atoms with E-state index in [1.165, 1.54) is 15.9 Å². The number of hydrogen-bond acceptors (Lipinski definition) is 8. The highest BCUT2D eigenvalue weighted by atomic mass is 79.9. The number of carbonyl (C=O) groups excluding carboxylic acids is 1. The lowest BCUT2D eigenvalue weighted by Crippen LogP contribution is -2.40. The summed E-state index contributed by atoms with van der Waals surface area (Å²) in [6.07, 6.45) is 1.77. The lowest BCUT2D eigenvalue weighted by atomic mass is 9.95. The number of nitrogens with zero attached hydrogens (tertiary/aromatic N) is 2. The minimum absolute atomic E-state index is 0.184. The average Bonchev–Trinajstić information content (AvgIpc) is 3.18. The van der Waals surface area contributed by atoms with Gasteiger partial charge in [0.15, 0.2) is 16.3 Å². The van der Waals surface area contributed by atoms with Crippen molar-refractivity contribution in [1.29, 1.82) is 0 Å². The van der Waals surface area contributed by atoms with E-state index in [9.17, 15) is 9.59 Å². The van der Waals surface area contributed by atoms with Gasteiger partial charge in [0, 0.05) is 14.5 Å². The molecule has 0 bridgehead atoms. The van der Waals surface area contributed by atoms with Crippen LogP contribution in [0.4, 0.5) is 0 Å². The molecule has 1 aromatic heterocycles. The Kier molecular flexibility index (Phi) is 8.79. The van der Waals surface area contributed by atoms with Crippen molar-refractivity contribution in [3.05, 3.63) is 81.4 Å². The van der Waals surface area contributed by atoms with E-state index in [-0.39, 0.29) is 17.7 Å². The first-order valence-electron chi connectivity index (χ1n) is 11.8. The van der Waals surface area contributed by atoms with Crippen molar-refractivity contribution in [2.75, 3.05) is 27.4 Å². The van der Waals surface area contributed by atoms with Crippen LogP contribution in [-0.4, -0.2) is 38.0 Å². The van der Waals surface area contributed by atoms with E-state index in [1.54, 1.807) is 46.3 Å². The van der Waals surface area contributed by atoms with Crippen molar-refractivity contribution in [1.82, 2.24) is 4.57 Å². The number of methoxy groups -OCH3 is 2. The smallest absolute Gasteiger partial charge is 0.338 e. The summed E-state index contributed by atoms with van der Waals surface area (Å²) in [7, 11) is 3.12. The number of thiazole rings is 1. The summed E-state index contributed by atoms with van der Waals surface area (Å²) < 4.78 is 25.6. The summed E-state index contributed by atoms with van der Waals surface area (Å²) in [4.78, 5) is 32.3. The summed E-state index contributed by atoms with van der Waals surface area (Å²) in [5.41, 5.74) is 1.82. The van der Waals surface area contributed by atoms with Crippen LogP contribution in [0.5, 0.6) is 17.2 Å². The maximum atomic E-state index is 13.9. The Morgan fingerprint density at radius 2 is 1.82 bits per heavy atom. The fourth-order valence-corrected chi connectivity index (χ4v) is 6.19. The lowest BCUT2D eigenvalue weighted by molar-refractivity contribution is -0.139. The van der Waals surface area contributed by atoms with Crippen LogP contribution in [0.25, 0.3) is 6.08 Å². The quantitative estimate of drug-likeness (QED) is 0.323. The zero-order valence-electron chi connectivity index (χ0n) is 21.5. The first kappa shape index (κ1) is 28.1. The van der Waals surface area contributed by atoms with Crippen molar-refractivity contribution in [3.8, 4) is 17.2 Å². The first-order valence-corrected chi connectivity index (χ1v) is 14.2. The van der Waals surface area contributed by atoms with Gasteiger partial charge in [0.1, 0.15) is 5.75 Å². The highest BCUT2D eigenvalue weighted by Crippen LogP contribution is 2.41. The molecule has 0 N–H and O–H groups in total. The van der Waals surface area contributed by atoms with E-state index in [0.29, 0.717) is 48.9 Å². The topological polar surface area (TPSA) is 88.4 Å². The molecular weight excluding hydrogens is 640 g/mol. The lowest BCUT2D eigenvalue weighted by Gasteiger charge is -2.26. The molecule has 4 rings (SSSR count). The molecule has 1 atom stereocenters. The van der Waals surface area contributed by atoms with Crippen LogP contribution in [0.3, 0.4) is 0 Å². The molecule has 1 aliphatic heterocycles. The average molecular weight is 666 g/mol. The Balaban J connectivity index is 2.02. The molecule has 0 fully saturated rings. The van der Waals surface area contributed by atoms with Gasteiger partial charge in [0.2, 0.25) is 0 Å². The fraction of sp³-hybridized carbons (Fsp3) is 0.296. The number of allylic oxidation sites excluding steroid dienone is 1. The zero-order valence-corrected chi connectivity index (χ0v) is 25.5. The molecule has 2 aromatic carbocycles. The van der Waals surface area contributed by atoms with Crippen molar-refractivity contribution in [2.24, 2.45) is 4.99 Å². The molecule has 0 unspecified atom stereocenters. The highest BCUT2D eigenvalue weighted by Gasteiger charge is 2.35. The van der Waals surface area contributed by atoms with Crippen molar-refractivity contribution >= 4 is 55.2 Å². The molecule has 200 valence electrons. The van der Waals surface area contributed by atoms with Crippen molar-refractivity contribution < 1.29 is 23.7 Å². The van der Waals surface area contributed by atoms with Crippen molar-refractivity contribution in [2.45, 2.75) is 26.8 Å². The zero-order chi connectivity index (χ0) is 27.6. The molecule has 11 heteroatoms. The monoisotopic (exact) mass is 664 g/mol. The van der Waals surface area contributed by atoms with Gasteiger partial charge >= 0.3 is 5.97 Å². The number of halogens is 2. The van der Waals surface area contributed by atoms with Crippen LogP contribution in [0.15, 0.2) is 60.3 Å². The minimum Gasteiger partial charge on any atom is -0.496 e. The third kappa shape index (κ3) is 5.32. The van der Waals surface area contributed by atoms with E-state index in [0.717, 1.165) is 10.0 Å². The Hall–Kier alpha value is -2.89. The van der Waals surface area contributed by atoms with Crippen LogP contribution < -0.4 is 29.1 Å². The summed E-state index contributed by atoms with van der Waals surface area (Å²) in [6, 6.07) is 8.30. The molecule has 0 aliphatic carbocycles. The van der Waals surface area contributed by atoms with Gasteiger partial charge in [-0.2, -0.15) is 0 Å². The van der Waals surface area contributed by atoms with E-state index in [2.05, 4.69) is 36.9 Å². The maximum Gasteiger partial charge on any atom is 0.338 e. The summed E-state index contributed by atoms with van der Waals surface area (Å²) in [5, 5.41) is 0. The third-order valence-corrected chi connectivity index (χ3v) is 8.04. The van der Waals surface area contributed by atoms with Crippen LogP contribution in [-0.2, 0) is 9.53 Å². The largest absolute Gasteiger partial charge is 0.496 e. The molecule has 2 heterocycles. The summed E-state index contributed by atoms with van der Waals surface area (Å²) in [5.74, 6) is 1.10. The molecule has 8 nitrogen and oxygen atoms in total. The van der Waals surface area contributed by atoms with Crippen LogP contribution in [0.1, 0.15) is 37.9 Å². The number of fused-ring (bicyclic) bond motifs is 1. The predicted octanol–water partition coefficient (Wildman–Crippen LogP) is 4.74. The van der Waals surface area contributed by atoms with Gasteiger partial charge in [0.05, 0.1) is 49.3 Å². The second kappa shape index (κ2) is 11.9. The molecule has 0 radical (unpaired) electrons. The Morgan fingerprint density at radius 1 is 1.08 bits per heavy atom. The Morgan fingerprint density at radius 3 is 2.47 bits per heavy atom. The van der Waals surface area contributed by atoms with Gasteiger partial charge in [-0.3, -0.25) is 9.36 Å². The van der Waals surface area contributed by atoms with Gasteiger partial charge in [0.25, 0.3) is 5.56 Å². The van der Waals surface area contributed by atoms with Crippen molar-refractivity contribution in [3.63, 3.8) is 0 Å². The third-order valence-electron chi connectivity index (χ3n) is 5.87. The summed E-state index contributed by atoms with van der Waals surface area (Å²) in [6.45, 7) is 5.99. The maximum absolute atomic E-state index is 13.9. The van der Waals surface area contributed by atoms with E-state index in [1.807, 2.05) is 25.1 Å². The van der Waals surface area contributed by atoms with Crippen LogP contribution in [0, 0.1) is 0 Å². The second-order valence-electron chi connectivity index (χ2n) is 8.15. The van der Waals surface area contributed by atoms with Gasteiger partial charge < -0.3 is 18.9 Å². The Labute approximate surface area is 240 Å². The molecule has 0 saturated heterocycles. The number of carbonyl (C=O) groups is 1. The Bertz CT molecular complexity index is 1610.